The standard InChI is InChI=1S/C17H34N2/c1-16(2)8-7-13-19(14-11-16)15-12-17(18-3)9-5-4-6-10-17/h18H,4-15H2,1-3H3. The fraction of sp³-hybridized carbons (Fsp3) is 1.00. The van der Waals surface area contributed by atoms with E-state index >= 15 is 0 Å². The average Bonchev–Trinajstić information content (AvgIpc) is 2.59. The molecule has 2 nitrogen and oxygen atoms in total. The molecule has 0 unspecified atom stereocenters. The van der Waals surface area contributed by atoms with Crippen LogP contribution in [0.25, 0.3) is 0 Å². The zero-order chi connectivity index (χ0) is 13.8. The smallest absolute Gasteiger partial charge is 0.0190 e. The van der Waals surface area contributed by atoms with Crippen LogP contribution >= 0.6 is 0 Å². The van der Waals surface area contributed by atoms with Gasteiger partial charge in [0.2, 0.25) is 0 Å². The molecular weight excluding hydrogens is 232 g/mol. The third-order valence-corrected chi connectivity index (χ3v) is 5.68. The second-order valence-corrected chi connectivity index (χ2v) is 7.70. The second kappa shape index (κ2) is 6.58. The molecule has 0 aromatic rings. The molecule has 112 valence electrons. The normalized spacial score (nSPS) is 27.9. The second-order valence-electron chi connectivity index (χ2n) is 7.70. The Hall–Kier alpha value is -0.0800. The van der Waals surface area contributed by atoms with E-state index < -0.39 is 0 Å². The van der Waals surface area contributed by atoms with Gasteiger partial charge in [-0.25, -0.2) is 0 Å². The summed E-state index contributed by atoms with van der Waals surface area (Å²) in [6.07, 6.45) is 12.6. The van der Waals surface area contributed by atoms with Gasteiger partial charge in [-0.3, -0.25) is 0 Å². The minimum Gasteiger partial charge on any atom is -0.314 e. The van der Waals surface area contributed by atoms with Gasteiger partial charge in [-0.05, 0) is 70.6 Å². The molecule has 0 atom stereocenters. The largest absolute Gasteiger partial charge is 0.314 e. The van der Waals surface area contributed by atoms with Gasteiger partial charge in [0.15, 0.2) is 0 Å². The minimum absolute atomic E-state index is 0.458. The summed E-state index contributed by atoms with van der Waals surface area (Å²) in [5, 5.41) is 3.66. The Kier molecular flexibility index (Phi) is 5.30. The van der Waals surface area contributed by atoms with Gasteiger partial charge in [0.05, 0.1) is 0 Å². The van der Waals surface area contributed by atoms with E-state index in [1.165, 1.54) is 77.4 Å². The predicted molar refractivity (Wildman–Crippen MR) is 83.6 cm³/mol. The van der Waals surface area contributed by atoms with Gasteiger partial charge in [-0.2, -0.15) is 0 Å². The Morgan fingerprint density at radius 2 is 1.63 bits per heavy atom. The summed E-state index contributed by atoms with van der Waals surface area (Å²) >= 11 is 0. The van der Waals surface area contributed by atoms with E-state index in [1.807, 2.05) is 0 Å². The molecular formula is C17H34N2. The number of hydrogen-bond donors (Lipinski definition) is 1. The van der Waals surface area contributed by atoms with Crippen molar-refractivity contribution in [3.8, 4) is 0 Å². The van der Waals surface area contributed by atoms with Crippen molar-refractivity contribution in [2.24, 2.45) is 5.41 Å². The van der Waals surface area contributed by atoms with Gasteiger partial charge in [0.1, 0.15) is 0 Å². The van der Waals surface area contributed by atoms with Crippen molar-refractivity contribution in [2.45, 2.75) is 77.2 Å². The lowest BCUT2D eigenvalue weighted by Crippen LogP contribution is -2.47. The summed E-state index contributed by atoms with van der Waals surface area (Å²) in [7, 11) is 2.18. The number of hydrogen-bond acceptors (Lipinski definition) is 2. The summed E-state index contributed by atoms with van der Waals surface area (Å²) in [6.45, 7) is 8.81. The van der Waals surface area contributed by atoms with E-state index in [4.69, 9.17) is 0 Å². The van der Waals surface area contributed by atoms with Crippen LogP contribution in [-0.4, -0.2) is 37.1 Å². The van der Waals surface area contributed by atoms with Crippen LogP contribution in [0.3, 0.4) is 0 Å². The van der Waals surface area contributed by atoms with Crippen molar-refractivity contribution in [1.82, 2.24) is 10.2 Å². The molecule has 1 aliphatic carbocycles. The first-order valence-corrected chi connectivity index (χ1v) is 8.47. The van der Waals surface area contributed by atoms with E-state index in [9.17, 15) is 0 Å². The van der Waals surface area contributed by atoms with Gasteiger partial charge < -0.3 is 10.2 Å². The molecule has 19 heavy (non-hydrogen) atoms. The molecule has 0 spiro atoms. The number of nitrogens with zero attached hydrogens (tertiary/aromatic N) is 1. The van der Waals surface area contributed by atoms with Gasteiger partial charge in [-0.1, -0.05) is 33.1 Å². The van der Waals surface area contributed by atoms with E-state index in [0.29, 0.717) is 11.0 Å². The minimum atomic E-state index is 0.458. The lowest BCUT2D eigenvalue weighted by molar-refractivity contribution is 0.181. The number of likely N-dealkylation sites (tertiary alicyclic amines) is 1. The van der Waals surface area contributed by atoms with Crippen molar-refractivity contribution < 1.29 is 0 Å². The van der Waals surface area contributed by atoms with Gasteiger partial charge in [0, 0.05) is 5.54 Å². The van der Waals surface area contributed by atoms with Crippen molar-refractivity contribution in [1.29, 1.82) is 0 Å². The van der Waals surface area contributed by atoms with E-state index in [-0.39, 0.29) is 0 Å². The maximum absolute atomic E-state index is 3.66. The SMILES string of the molecule is CNC1(CCN2CCCC(C)(C)CC2)CCCCC1. The quantitative estimate of drug-likeness (QED) is 0.832. The summed E-state index contributed by atoms with van der Waals surface area (Å²) in [5.74, 6) is 0. The zero-order valence-electron chi connectivity index (χ0n) is 13.4. The summed E-state index contributed by atoms with van der Waals surface area (Å²) in [5.41, 5.74) is 1.03. The van der Waals surface area contributed by atoms with Crippen LogP contribution in [0.15, 0.2) is 0 Å². The highest BCUT2D eigenvalue weighted by Gasteiger charge is 2.31. The molecule has 2 heteroatoms. The number of nitrogens with one attached hydrogen (secondary N) is 1. The molecule has 1 saturated carbocycles. The lowest BCUT2D eigenvalue weighted by Gasteiger charge is -2.39. The van der Waals surface area contributed by atoms with Crippen LogP contribution in [0.5, 0.6) is 0 Å². The Morgan fingerprint density at radius 3 is 2.32 bits per heavy atom. The first-order valence-electron chi connectivity index (χ1n) is 8.47. The Morgan fingerprint density at radius 1 is 0.895 bits per heavy atom. The Bertz CT molecular complexity index is 266. The van der Waals surface area contributed by atoms with Gasteiger partial charge >= 0.3 is 0 Å². The van der Waals surface area contributed by atoms with Crippen LogP contribution in [0.2, 0.25) is 0 Å². The molecule has 1 saturated heterocycles. The maximum atomic E-state index is 3.66. The Balaban J connectivity index is 1.80. The third-order valence-electron chi connectivity index (χ3n) is 5.68. The fourth-order valence-electron chi connectivity index (χ4n) is 3.93. The third kappa shape index (κ3) is 4.46. The molecule has 1 N–H and O–H groups in total. The zero-order valence-corrected chi connectivity index (χ0v) is 13.4. The maximum Gasteiger partial charge on any atom is 0.0190 e. The van der Waals surface area contributed by atoms with Gasteiger partial charge in [-0.15, -0.1) is 0 Å². The highest BCUT2D eigenvalue weighted by Crippen LogP contribution is 2.33. The lowest BCUT2D eigenvalue weighted by atomic mass is 9.79. The Labute approximate surface area is 120 Å². The first-order chi connectivity index (χ1) is 9.05. The van der Waals surface area contributed by atoms with Crippen molar-refractivity contribution in [3.05, 3.63) is 0 Å². The van der Waals surface area contributed by atoms with Crippen molar-refractivity contribution in [3.63, 3.8) is 0 Å². The van der Waals surface area contributed by atoms with Crippen LogP contribution < -0.4 is 5.32 Å². The topological polar surface area (TPSA) is 15.3 Å². The molecule has 0 aromatic heterocycles. The van der Waals surface area contributed by atoms with Crippen molar-refractivity contribution in [2.75, 3.05) is 26.7 Å². The molecule has 1 aliphatic heterocycles. The molecule has 0 aromatic carbocycles. The molecule has 0 amide bonds. The highest BCUT2D eigenvalue weighted by atomic mass is 15.1. The summed E-state index contributed by atoms with van der Waals surface area (Å²) in [4.78, 5) is 2.72. The molecule has 2 aliphatic rings. The van der Waals surface area contributed by atoms with Crippen LogP contribution in [0, 0.1) is 5.41 Å². The molecule has 0 bridgehead atoms. The fourth-order valence-corrected chi connectivity index (χ4v) is 3.93. The summed E-state index contributed by atoms with van der Waals surface area (Å²) in [6, 6.07) is 0. The van der Waals surface area contributed by atoms with E-state index in [1.54, 1.807) is 0 Å². The molecule has 2 fully saturated rings. The van der Waals surface area contributed by atoms with Crippen LogP contribution in [0.1, 0.15) is 71.6 Å². The van der Waals surface area contributed by atoms with E-state index in [0.717, 1.165) is 0 Å². The summed E-state index contributed by atoms with van der Waals surface area (Å²) < 4.78 is 0. The van der Waals surface area contributed by atoms with Crippen LogP contribution in [0.4, 0.5) is 0 Å². The van der Waals surface area contributed by atoms with Gasteiger partial charge in [0.25, 0.3) is 0 Å². The van der Waals surface area contributed by atoms with Crippen LogP contribution in [-0.2, 0) is 0 Å². The monoisotopic (exact) mass is 266 g/mol. The van der Waals surface area contributed by atoms with Crippen molar-refractivity contribution >= 4 is 0 Å². The highest BCUT2D eigenvalue weighted by molar-refractivity contribution is 4.90. The molecule has 0 radical (unpaired) electrons. The first kappa shape index (κ1) is 15.3. The predicted octanol–water partition coefficient (Wildman–Crippen LogP) is 3.81. The average molecular weight is 266 g/mol. The molecule has 2 rings (SSSR count). The van der Waals surface area contributed by atoms with E-state index in [2.05, 4.69) is 31.1 Å². The molecule has 1 heterocycles. The number of rotatable bonds is 4.